The summed E-state index contributed by atoms with van der Waals surface area (Å²) < 4.78 is 4.54. The van der Waals surface area contributed by atoms with Gasteiger partial charge < -0.3 is 10.1 Å². The highest BCUT2D eigenvalue weighted by atomic mass is 16.5. The third-order valence-corrected chi connectivity index (χ3v) is 2.73. The van der Waals surface area contributed by atoms with Crippen LogP contribution in [0, 0.1) is 0 Å². The average molecular weight is 235 g/mol. The van der Waals surface area contributed by atoms with Gasteiger partial charge in [-0.1, -0.05) is 38.1 Å². The van der Waals surface area contributed by atoms with E-state index < -0.39 is 0 Å². The molecule has 1 rings (SSSR count). The van der Waals surface area contributed by atoms with Gasteiger partial charge in [-0.15, -0.1) is 0 Å². The first kappa shape index (κ1) is 13.7. The zero-order valence-corrected chi connectivity index (χ0v) is 10.8. The second kappa shape index (κ2) is 7.07. The van der Waals surface area contributed by atoms with E-state index in [1.807, 2.05) is 0 Å². The summed E-state index contributed by atoms with van der Waals surface area (Å²) in [5.74, 6) is 0.349. The van der Waals surface area contributed by atoms with Crippen LogP contribution in [0.15, 0.2) is 24.3 Å². The van der Waals surface area contributed by atoms with E-state index in [1.54, 1.807) is 0 Å². The molecule has 0 aliphatic rings. The van der Waals surface area contributed by atoms with Crippen LogP contribution in [-0.2, 0) is 16.0 Å². The van der Waals surface area contributed by atoms with E-state index in [1.165, 1.54) is 18.2 Å². The molecule has 0 heterocycles. The van der Waals surface area contributed by atoms with Crippen molar-refractivity contribution in [2.75, 3.05) is 20.2 Å². The van der Waals surface area contributed by atoms with Gasteiger partial charge in [-0.2, -0.15) is 0 Å². The minimum absolute atomic E-state index is 0.222. The highest BCUT2D eigenvalue weighted by Gasteiger charge is 2.00. The van der Waals surface area contributed by atoms with Crippen molar-refractivity contribution in [2.24, 2.45) is 0 Å². The van der Waals surface area contributed by atoms with Gasteiger partial charge in [0.05, 0.1) is 13.7 Å². The van der Waals surface area contributed by atoms with Crippen LogP contribution in [-0.4, -0.2) is 26.2 Å². The molecule has 0 aromatic heterocycles. The molecule has 1 N–H and O–H groups in total. The maximum Gasteiger partial charge on any atom is 0.319 e. The Kier molecular flexibility index (Phi) is 5.70. The molecule has 0 aliphatic carbocycles. The van der Waals surface area contributed by atoms with E-state index in [0.717, 1.165) is 13.0 Å². The van der Waals surface area contributed by atoms with Gasteiger partial charge >= 0.3 is 5.97 Å². The first-order chi connectivity index (χ1) is 8.13. The molecule has 0 fully saturated rings. The number of rotatable bonds is 6. The van der Waals surface area contributed by atoms with Crippen LogP contribution in [0.3, 0.4) is 0 Å². The molecule has 0 unspecified atom stereocenters. The average Bonchev–Trinajstić information content (AvgIpc) is 2.34. The lowest BCUT2D eigenvalue weighted by Gasteiger charge is -2.07. The maximum atomic E-state index is 10.9. The molecule has 3 heteroatoms. The third-order valence-electron chi connectivity index (χ3n) is 2.73. The first-order valence-electron chi connectivity index (χ1n) is 6.00. The summed E-state index contributed by atoms with van der Waals surface area (Å²) in [7, 11) is 1.40. The van der Waals surface area contributed by atoms with Gasteiger partial charge in [0.1, 0.15) is 0 Å². The molecule has 17 heavy (non-hydrogen) atoms. The second-order valence-electron chi connectivity index (χ2n) is 4.40. The van der Waals surface area contributed by atoms with Crippen molar-refractivity contribution < 1.29 is 9.53 Å². The van der Waals surface area contributed by atoms with Gasteiger partial charge in [0.15, 0.2) is 0 Å². The fourth-order valence-corrected chi connectivity index (χ4v) is 1.56. The smallest absolute Gasteiger partial charge is 0.319 e. The largest absolute Gasteiger partial charge is 0.468 e. The van der Waals surface area contributed by atoms with E-state index in [9.17, 15) is 4.79 Å². The van der Waals surface area contributed by atoms with E-state index >= 15 is 0 Å². The Balaban J connectivity index is 2.30. The predicted octanol–water partition coefficient (Wildman–Crippen LogP) is 2.12. The number of carbonyl (C=O) groups is 1. The molecule has 0 saturated carbocycles. The fraction of sp³-hybridized carbons (Fsp3) is 0.500. The topological polar surface area (TPSA) is 38.3 Å². The van der Waals surface area contributed by atoms with Crippen LogP contribution in [0.5, 0.6) is 0 Å². The van der Waals surface area contributed by atoms with Crippen LogP contribution in [0.1, 0.15) is 30.9 Å². The molecule has 0 saturated heterocycles. The molecule has 0 spiro atoms. The summed E-state index contributed by atoms with van der Waals surface area (Å²) in [6.07, 6.45) is 0.926. The van der Waals surface area contributed by atoms with Crippen molar-refractivity contribution in [3.63, 3.8) is 0 Å². The van der Waals surface area contributed by atoms with Gasteiger partial charge in [0.2, 0.25) is 0 Å². The highest BCUT2D eigenvalue weighted by molar-refractivity contribution is 5.71. The second-order valence-corrected chi connectivity index (χ2v) is 4.40. The number of benzene rings is 1. The number of carbonyl (C=O) groups excluding carboxylic acids is 1. The minimum Gasteiger partial charge on any atom is -0.468 e. The summed E-state index contributed by atoms with van der Waals surface area (Å²) in [6, 6.07) is 8.63. The Morgan fingerprint density at radius 3 is 2.47 bits per heavy atom. The quantitative estimate of drug-likeness (QED) is 0.606. The Hall–Kier alpha value is -1.35. The van der Waals surface area contributed by atoms with Crippen molar-refractivity contribution in [3.05, 3.63) is 35.4 Å². The lowest BCUT2D eigenvalue weighted by molar-refractivity contribution is -0.139. The van der Waals surface area contributed by atoms with Crippen molar-refractivity contribution in [1.82, 2.24) is 5.32 Å². The van der Waals surface area contributed by atoms with E-state index in [2.05, 4.69) is 48.2 Å². The van der Waals surface area contributed by atoms with E-state index in [-0.39, 0.29) is 12.5 Å². The minimum atomic E-state index is -0.222. The molecule has 94 valence electrons. The van der Waals surface area contributed by atoms with Crippen LogP contribution in [0.25, 0.3) is 0 Å². The van der Waals surface area contributed by atoms with Crippen molar-refractivity contribution in [3.8, 4) is 0 Å². The summed E-state index contributed by atoms with van der Waals surface area (Å²) in [5, 5.41) is 3.05. The van der Waals surface area contributed by atoms with Crippen molar-refractivity contribution in [1.29, 1.82) is 0 Å². The van der Waals surface area contributed by atoms with Gasteiger partial charge in [-0.05, 0) is 30.0 Å². The summed E-state index contributed by atoms with van der Waals surface area (Å²) in [4.78, 5) is 10.9. The number of nitrogens with one attached hydrogen (secondary N) is 1. The van der Waals surface area contributed by atoms with Crippen LogP contribution in [0.4, 0.5) is 0 Å². The predicted molar refractivity (Wildman–Crippen MR) is 69.1 cm³/mol. The Bertz CT molecular complexity index is 344. The molecule has 3 nitrogen and oxygen atoms in total. The molecule has 0 bridgehead atoms. The number of methoxy groups -OCH3 is 1. The highest BCUT2D eigenvalue weighted by Crippen LogP contribution is 2.14. The molecule has 0 radical (unpaired) electrons. The number of hydrogen-bond acceptors (Lipinski definition) is 3. The zero-order valence-electron chi connectivity index (χ0n) is 10.8. The molecule has 0 amide bonds. The molecular formula is C14H21NO2. The zero-order chi connectivity index (χ0) is 12.7. The lowest BCUT2D eigenvalue weighted by atomic mass is 10.0. The summed E-state index contributed by atoms with van der Waals surface area (Å²) in [6.45, 7) is 5.44. The van der Waals surface area contributed by atoms with Gasteiger partial charge in [-0.3, -0.25) is 4.79 Å². The SMILES string of the molecule is COC(=O)CNCCc1ccc(C(C)C)cc1. The molecule has 0 aliphatic heterocycles. The van der Waals surface area contributed by atoms with Gasteiger partial charge in [0.25, 0.3) is 0 Å². The maximum absolute atomic E-state index is 10.9. The Morgan fingerprint density at radius 2 is 1.94 bits per heavy atom. The molecule has 0 atom stereocenters. The van der Waals surface area contributed by atoms with Crippen LogP contribution < -0.4 is 5.32 Å². The Labute approximate surface area is 103 Å². The Morgan fingerprint density at radius 1 is 1.29 bits per heavy atom. The van der Waals surface area contributed by atoms with E-state index in [0.29, 0.717) is 5.92 Å². The third kappa shape index (κ3) is 5.00. The monoisotopic (exact) mass is 235 g/mol. The first-order valence-corrected chi connectivity index (χ1v) is 6.00. The molecule has 1 aromatic carbocycles. The van der Waals surface area contributed by atoms with Gasteiger partial charge in [-0.25, -0.2) is 0 Å². The fourth-order valence-electron chi connectivity index (χ4n) is 1.56. The number of ether oxygens (including phenoxy) is 1. The van der Waals surface area contributed by atoms with Crippen molar-refractivity contribution >= 4 is 5.97 Å². The van der Waals surface area contributed by atoms with Gasteiger partial charge in [0, 0.05) is 0 Å². The standard InChI is InChI=1S/C14H21NO2/c1-11(2)13-6-4-12(5-7-13)8-9-15-10-14(16)17-3/h4-7,11,15H,8-10H2,1-3H3. The number of esters is 1. The molecular weight excluding hydrogens is 214 g/mol. The lowest BCUT2D eigenvalue weighted by Crippen LogP contribution is -2.25. The van der Waals surface area contributed by atoms with Crippen LogP contribution in [0.2, 0.25) is 0 Å². The molecule has 1 aromatic rings. The summed E-state index contributed by atoms with van der Waals surface area (Å²) in [5.41, 5.74) is 2.64. The van der Waals surface area contributed by atoms with E-state index in [4.69, 9.17) is 0 Å². The number of hydrogen-bond donors (Lipinski definition) is 1. The normalized spacial score (nSPS) is 10.6. The van der Waals surface area contributed by atoms with Crippen molar-refractivity contribution in [2.45, 2.75) is 26.2 Å². The summed E-state index contributed by atoms with van der Waals surface area (Å²) >= 11 is 0. The van der Waals surface area contributed by atoms with Crippen LogP contribution >= 0.6 is 0 Å².